The fourth-order valence-corrected chi connectivity index (χ4v) is 4.16. The van der Waals surface area contributed by atoms with E-state index in [9.17, 15) is 8.42 Å². The van der Waals surface area contributed by atoms with E-state index in [-0.39, 0.29) is 0 Å². The van der Waals surface area contributed by atoms with E-state index in [1.807, 2.05) is 32.9 Å². The van der Waals surface area contributed by atoms with Gasteiger partial charge in [-0.25, -0.2) is 8.42 Å². The van der Waals surface area contributed by atoms with E-state index in [0.29, 0.717) is 4.90 Å². The molecule has 1 aromatic carbocycles. The Morgan fingerprint density at radius 1 is 1.24 bits per heavy atom. The standard InChI is InChI=1S/C12H14BrNO2S/c1-12(2,3)14-7-6-9-4-5-10(13)8-11(9)17(14,15)16/h4-8H,1-3H3. The van der Waals surface area contributed by atoms with Crippen molar-refractivity contribution in [3.8, 4) is 0 Å². The maximum absolute atomic E-state index is 12.5. The Morgan fingerprint density at radius 3 is 2.47 bits per heavy atom. The fraction of sp³-hybridized carbons (Fsp3) is 0.333. The van der Waals surface area contributed by atoms with Gasteiger partial charge >= 0.3 is 0 Å². The predicted molar refractivity (Wildman–Crippen MR) is 72.0 cm³/mol. The topological polar surface area (TPSA) is 37.4 Å². The van der Waals surface area contributed by atoms with E-state index in [1.54, 1.807) is 18.3 Å². The Kier molecular flexibility index (Phi) is 2.86. The van der Waals surface area contributed by atoms with Crippen molar-refractivity contribution in [3.63, 3.8) is 0 Å². The molecule has 0 N–H and O–H groups in total. The van der Waals surface area contributed by atoms with Gasteiger partial charge in [0.05, 0.1) is 4.90 Å². The molecule has 0 saturated carbocycles. The first-order valence-corrected chi connectivity index (χ1v) is 7.48. The number of hydrogen-bond donors (Lipinski definition) is 0. The molecule has 0 saturated heterocycles. The van der Waals surface area contributed by atoms with Crippen LogP contribution in [0.25, 0.3) is 6.08 Å². The van der Waals surface area contributed by atoms with Crippen LogP contribution >= 0.6 is 15.9 Å². The number of halogens is 1. The molecule has 92 valence electrons. The van der Waals surface area contributed by atoms with Gasteiger partial charge in [0.1, 0.15) is 0 Å². The molecule has 0 aliphatic carbocycles. The SMILES string of the molecule is CC(C)(C)N1C=Cc2ccc(Br)cc2S1(=O)=O. The van der Waals surface area contributed by atoms with Crippen LogP contribution in [0.2, 0.25) is 0 Å². The second kappa shape index (κ2) is 3.85. The molecule has 3 nitrogen and oxygen atoms in total. The van der Waals surface area contributed by atoms with Gasteiger partial charge in [-0.1, -0.05) is 22.0 Å². The molecular weight excluding hydrogens is 302 g/mol. The quantitative estimate of drug-likeness (QED) is 0.737. The molecule has 1 heterocycles. The Hall–Kier alpha value is -0.810. The van der Waals surface area contributed by atoms with Crippen molar-refractivity contribution in [3.05, 3.63) is 34.4 Å². The van der Waals surface area contributed by atoms with E-state index in [4.69, 9.17) is 0 Å². The van der Waals surface area contributed by atoms with Crippen LogP contribution in [-0.4, -0.2) is 18.3 Å². The van der Waals surface area contributed by atoms with E-state index in [1.165, 1.54) is 4.31 Å². The predicted octanol–water partition coefficient (Wildman–Crippen LogP) is 3.22. The molecule has 0 unspecified atom stereocenters. The van der Waals surface area contributed by atoms with Crippen molar-refractivity contribution in [1.82, 2.24) is 4.31 Å². The van der Waals surface area contributed by atoms with E-state index < -0.39 is 15.6 Å². The maximum atomic E-state index is 12.5. The molecule has 0 aromatic heterocycles. The minimum atomic E-state index is -3.45. The van der Waals surface area contributed by atoms with Crippen molar-refractivity contribution in [2.24, 2.45) is 0 Å². The highest BCUT2D eigenvalue weighted by molar-refractivity contribution is 9.10. The minimum absolute atomic E-state index is 0.351. The summed E-state index contributed by atoms with van der Waals surface area (Å²) in [5.41, 5.74) is 0.267. The first kappa shape index (κ1) is 12.6. The molecule has 0 bridgehead atoms. The molecule has 17 heavy (non-hydrogen) atoms. The zero-order valence-corrected chi connectivity index (χ0v) is 12.3. The zero-order chi connectivity index (χ0) is 12.8. The summed E-state index contributed by atoms with van der Waals surface area (Å²) in [6, 6.07) is 5.28. The van der Waals surface area contributed by atoms with Gasteiger partial charge in [0.25, 0.3) is 10.0 Å². The monoisotopic (exact) mass is 315 g/mol. The van der Waals surface area contributed by atoms with Gasteiger partial charge < -0.3 is 0 Å². The lowest BCUT2D eigenvalue weighted by atomic mass is 10.1. The molecule has 0 amide bonds. The van der Waals surface area contributed by atoms with Crippen molar-refractivity contribution in [2.45, 2.75) is 31.2 Å². The molecule has 0 atom stereocenters. The maximum Gasteiger partial charge on any atom is 0.264 e. The van der Waals surface area contributed by atoms with Crippen molar-refractivity contribution in [1.29, 1.82) is 0 Å². The lowest BCUT2D eigenvalue weighted by molar-refractivity contribution is 0.319. The molecule has 0 spiro atoms. The Morgan fingerprint density at radius 2 is 1.88 bits per heavy atom. The summed E-state index contributed by atoms with van der Waals surface area (Å²) in [7, 11) is -3.45. The molecular formula is C12H14BrNO2S. The number of nitrogens with zero attached hydrogens (tertiary/aromatic N) is 1. The third kappa shape index (κ3) is 2.13. The van der Waals surface area contributed by atoms with Crippen LogP contribution in [-0.2, 0) is 10.0 Å². The van der Waals surface area contributed by atoms with Crippen molar-refractivity contribution < 1.29 is 8.42 Å². The van der Waals surface area contributed by atoms with E-state index in [0.717, 1.165) is 10.0 Å². The van der Waals surface area contributed by atoms with E-state index in [2.05, 4.69) is 15.9 Å². The van der Waals surface area contributed by atoms with Crippen LogP contribution in [0.15, 0.2) is 33.8 Å². The van der Waals surface area contributed by atoms with Crippen LogP contribution in [0.3, 0.4) is 0 Å². The van der Waals surface area contributed by atoms with Gasteiger partial charge in [-0.3, -0.25) is 4.31 Å². The normalized spacial score (nSPS) is 18.0. The number of sulfonamides is 1. The summed E-state index contributed by atoms with van der Waals surface area (Å²) in [5.74, 6) is 0. The number of benzene rings is 1. The van der Waals surface area contributed by atoms with Crippen LogP contribution in [0.1, 0.15) is 26.3 Å². The lowest BCUT2D eigenvalue weighted by Gasteiger charge is -2.36. The van der Waals surface area contributed by atoms with Crippen LogP contribution in [0.4, 0.5) is 0 Å². The Balaban J connectivity index is 2.67. The van der Waals surface area contributed by atoms with Gasteiger partial charge in [-0.05, 0) is 44.5 Å². The third-order valence-corrected chi connectivity index (χ3v) is 5.15. The van der Waals surface area contributed by atoms with Gasteiger partial charge in [0.2, 0.25) is 0 Å². The van der Waals surface area contributed by atoms with Crippen LogP contribution < -0.4 is 0 Å². The van der Waals surface area contributed by atoms with Crippen LogP contribution in [0, 0.1) is 0 Å². The molecule has 1 aromatic rings. The summed E-state index contributed by atoms with van der Waals surface area (Å²) in [4.78, 5) is 0.351. The van der Waals surface area contributed by atoms with Gasteiger partial charge in [-0.15, -0.1) is 0 Å². The summed E-state index contributed by atoms with van der Waals surface area (Å²) < 4.78 is 27.1. The van der Waals surface area contributed by atoms with Crippen LogP contribution in [0.5, 0.6) is 0 Å². The molecule has 1 aliphatic rings. The number of fused-ring (bicyclic) bond motifs is 1. The van der Waals surface area contributed by atoms with Gasteiger partial charge in [0.15, 0.2) is 0 Å². The highest BCUT2D eigenvalue weighted by Crippen LogP contribution is 2.33. The Labute approximate surface area is 110 Å². The first-order valence-electron chi connectivity index (χ1n) is 5.25. The summed E-state index contributed by atoms with van der Waals surface area (Å²) in [6.45, 7) is 5.62. The average molecular weight is 316 g/mol. The largest absolute Gasteiger partial charge is 0.268 e. The third-order valence-electron chi connectivity index (χ3n) is 2.56. The van der Waals surface area contributed by atoms with Gasteiger partial charge in [-0.2, -0.15) is 0 Å². The molecule has 0 radical (unpaired) electrons. The first-order chi connectivity index (χ1) is 7.73. The highest BCUT2D eigenvalue weighted by Gasteiger charge is 2.34. The summed E-state index contributed by atoms with van der Waals surface area (Å²) in [6.07, 6.45) is 3.46. The molecule has 2 rings (SSSR count). The number of rotatable bonds is 0. The summed E-state index contributed by atoms with van der Waals surface area (Å²) >= 11 is 3.31. The fourth-order valence-electron chi connectivity index (χ4n) is 1.79. The minimum Gasteiger partial charge on any atom is -0.268 e. The molecule has 0 fully saturated rings. The lowest BCUT2D eigenvalue weighted by Crippen LogP contribution is -2.42. The molecule has 5 heteroatoms. The second-order valence-corrected chi connectivity index (χ2v) is 7.67. The average Bonchev–Trinajstić information content (AvgIpc) is 2.16. The Bertz CT molecular complexity index is 585. The van der Waals surface area contributed by atoms with Crippen molar-refractivity contribution in [2.75, 3.05) is 0 Å². The zero-order valence-electron chi connectivity index (χ0n) is 9.94. The second-order valence-electron chi connectivity index (χ2n) is 4.97. The number of hydrogen-bond acceptors (Lipinski definition) is 2. The summed E-state index contributed by atoms with van der Waals surface area (Å²) in [5, 5.41) is 0. The van der Waals surface area contributed by atoms with E-state index >= 15 is 0 Å². The smallest absolute Gasteiger partial charge is 0.264 e. The highest BCUT2D eigenvalue weighted by atomic mass is 79.9. The molecule has 1 aliphatic heterocycles. The van der Waals surface area contributed by atoms with Gasteiger partial charge in [0, 0.05) is 16.2 Å². The van der Waals surface area contributed by atoms with Crippen molar-refractivity contribution >= 4 is 32.0 Å².